The van der Waals surface area contributed by atoms with Gasteiger partial charge in [0.15, 0.2) is 9.84 Å². The van der Waals surface area contributed by atoms with Gasteiger partial charge in [0, 0.05) is 10.5 Å². The minimum atomic E-state index is -3.08. The summed E-state index contributed by atoms with van der Waals surface area (Å²) in [7, 11) is -3.08. The molecule has 7 heteroatoms. The smallest absolute Gasteiger partial charge is 0.255 e. The molecule has 0 N–H and O–H groups in total. The molecule has 0 bridgehead atoms. The van der Waals surface area contributed by atoms with Crippen LogP contribution in [0.4, 0.5) is 0 Å². The summed E-state index contributed by atoms with van der Waals surface area (Å²) in [6.07, 6.45) is 2.00. The van der Waals surface area contributed by atoms with Gasteiger partial charge < -0.3 is 9.32 Å². The third-order valence-corrected chi connectivity index (χ3v) is 6.36. The first-order chi connectivity index (χ1) is 11.0. The Hall–Kier alpha value is -1.60. The molecule has 0 unspecified atom stereocenters. The number of halogens is 1. The fourth-order valence-electron chi connectivity index (χ4n) is 2.75. The van der Waals surface area contributed by atoms with Crippen LogP contribution in [0.3, 0.4) is 0 Å². The van der Waals surface area contributed by atoms with Crippen LogP contribution in [-0.4, -0.2) is 36.8 Å². The van der Waals surface area contributed by atoms with Crippen LogP contribution in [0.25, 0.3) is 0 Å². The highest BCUT2D eigenvalue weighted by Gasteiger charge is 2.35. The lowest BCUT2D eigenvalue weighted by atomic mass is 10.1. The van der Waals surface area contributed by atoms with E-state index in [1.165, 1.54) is 0 Å². The summed E-state index contributed by atoms with van der Waals surface area (Å²) in [6, 6.07) is 10.3. The molecule has 5 nitrogen and oxygen atoms in total. The van der Waals surface area contributed by atoms with Crippen molar-refractivity contribution in [2.24, 2.45) is 0 Å². The number of nitrogens with zero attached hydrogens (tertiary/aromatic N) is 1. The third-order valence-electron chi connectivity index (χ3n) is 3.92. The summed E-state index contributed by atoms with van der Waals surface area (Å²) < 4.78 is 29.6. The van der Waals surface area contributed by atoms with E-state index in [1.54, 1.807) is 41.5 Å². The van der Waals surface area contributed by atoms with Gasteiger partial charge in [0.05, 0.1) is 29.9 Å². The number of carbonyl (C=O) groups excluding carboxylic acids is 1. The molecule has 23 heavy (non-hydrogen) atoms. The molecular weight excluding hydrogens is 382 g/mol. The Morgan fingerprint density at radius 2 is 2.04 bits per heavy atom. The number of amides is 1. The van der Waals surface area contributed by atoms with Gasteiger partial charge in [0.25, 0.3) is 5.91 Å². The summed E-state index contributed by atoms with van der Waals surface area (Å²) in [6.45, 7) is 0.257. The first kappa shape index (κ1) is 16.3. The summed E-state index contributed by atoms with van der Waals surface area (Å²) in [5, 5.41) is 0. The maximum Gasteiger partial charge on any atom is 0.255 e. The average Bonchev–Trinajstić information content (AvgIpc) is 3.14. The van der Waals surface area contributed by atoms with E-state index in [9.17, 15) is 13.2 Å². The lowest BCUT2D eigenvalue weighted by Crippen LogP contribution is -2.40. The fourth-order valence-corrected chi connectivity index (χ4v) is 4.93. The van der Waals surface area contributed by atoms with Crippen molar-refractivity contribution in [3.05, 3.63) is 58.5 Å². The molecule has 0 saturated carbocycles. The Bertz CT molecular complexity index is 801. The first-order valence-electron chi connectivity index (χ1n) is 7.24. The number of benzene rings is 1. The van der Waals surface area contributed by atoms with E-state index < -0.39 is 9.84 Å². The highest BCUT2D eigenvalue weighted by atomic mass is 79.9. The Morgan fingerprint density at radius 1 is 1.26 bits per heavy atom. The quantitative estimate of drug-likeness (QED) is 0.795. The second-order valence-electron chi connectivity index (χ2n) is 5.55. The number of rotatable bonds is 4. The lowest BCUT2D eigenvalue weighted by Gasteiger charge is -2.28. The largest absolute Gasteiger partial charge is 0.467 e. The third kappa shape index (κ3) is 3.67. The normalized spacial score (nSPS) is 19.6. The maximum atomic E-state index is 12.9. The molecule has 1 aromatic heterocycles. The van der Waals surface area contributed by atoms with Crippen molar-refractivity contribution in [1.82, 2.24) is 4.90 Å². The minimum Gasteiger partial charge on any atom is -0.467 e. The molecule has 3 rings (SSSR count). The van der Waals surface area contributed by atoms with Gasteiger partial charge in [0.1, 0.15) is 5.76 Å². The van der Waals surface area contributed by atoms with Crippen LogP contribution in [0.5, 0.6) is 0 Å². The van der Waals surface area contributed by atoms with E-state index in [2.05, 4.69) is 15.9 Å². The van der Waals surface area contributed by atoms with Crippen molar-refractivity contribution < 1.29 is 17.6 Å². The van der Waals surface area contributed by atoms with E-state index in [0.717, 1.165) is 0 Å². The van der Waals surface area contributed by atoms with Crippen molar-refractivity contribution in [2.75, 3.05) is 11.5 Å². The molecule has 1 amide bonds. The maximum absolute atomic E-state index is 12.9. The van der Waals surface area contributed by atoms with Crippen LogP contribution >= 0.6 is 15.9 Å². The molecule has 1 saturated heterocycles. The van der Waals surface area contributed by atoms with E-state index in [1.807, 2.05) is 6.07 Å². The van der Waals surface area contributed by atoms with Crippen LogP contribution < -0.4 is 0 Å². The molecule has 0 spiro atoms. The average molecular weight is 398 g/mol. The van der Waals surface area contributed by atoms with E-state index >= 15 is 0 Å². The van der Waals surface area contributed by atoms with Crippen LogP contribution in [0.1, 0.15) is 22.5 Å². The van der Waals surface area contributed by atoms with E-state index in [-0.39, 0.29) is 30.0 Å². The molecule has 1 aromatic carbocycles. The van der Waals surface area contributed by atoms with Gasteiger partial charge in [0.2, 0.25) is 0 Å². The zero-order valence-corrected chi connectivity index (χ0v) is 14.7. The standard InChI is InChI=1S/C16H16BrNO4S/c17-15-6-2-1-5-14(15)16(19)18(10-13-4-3-8-22-13)12-7-9-23(20,21)11-12/h1-6,8,12H,7,9-11H2/t12-/m0/s1. The number of carbonyl (C=O) groups is 1. The topological polar surface area (TPSA) is 67.6 Å². The molecule has 1 atom stereocenters. The van der Waals surface area contributed by atoms with Crippen molar-refractivity contribution >= 4 is 31.7 Å². The summed E-state index contributed by atoms with van der Waals surface area (Å²) in [4.78, 5) is 14.6. The summed E-state index contributed by atoms with van der Waals surface area (Å²) >= 11 is 3.38. The SMILES string of the molecule is O=C(c1ccccc1Br)N(Cc1ccco1)[C@H]1CCS(=O)(=O)C1. The van der Waals surface area contributed by atoms with Gasteiger partial charge in [-0.3, -0.25) is 4.79 Å². The van der Waals surface area contributed by atoms with Gasteiger partial charge in [-0.25, -0.2) is 8.42 Å². The molecule has 0 aliphatic carbocycles. The van der Waals surface area contributed by atoms with Crippen LogP contribution in [0.15, 0.2) is 51.6 Å². The van der Waals surface area contributed by atoms with E-state index in [4.69, 9.17) is 4.42 Å². The number of hydrogen-bond acceptors (Lipinski definition) is 4. The molecule has 122 valence electrons. The number of sulfone groups is 1. The lowest BCUT2D eigenvalue weighted by molar-refractivity contribution is 0.0665. The predicted molar refractivity (Wildman–Crippen MR) is 89.8 cm³/mol. The monoisotopic (exact) mass is 397 g/mol. The highest BCUT2D eigenvalue weighted by Crippen LogP contribution is 2.25. The Labute approximate surface area is 143 Å². The Balaban J connectivity index is 1.91. The zero-order valence-electron chi connectivity index (χ0n) is 12.3. The van der Waals surface area contributed by atoms with Crippen LogP contribution in [0.2, 0.25) is 0 Å². The fraction of sp³-hybridized carbons (Fsp3) is 0.312. The zero-order chi connectivity index (χ0) is 16.4. The second kappa shape index (κ2) is 6.49. The highest BCUT2D eigenvalue weighted by molar-refractivity contribution is 9.10. The summed E-state index contributed by atoms with van der Waals surface area (Å²) in [5.74, 6) is 0.560. The molecule has 1 fully saturated rings. The van der Waals surface area contributed by atoms with E-state index in [0.29, 0.717) is 22.2 Å². The van der Waals surface area contributed by atoms with Gasteiger partial charge in [-0.2, -0.15) is 0 Å². The van der Waals surface area contributed by atoms with Gasteiger partial charge in [-0.15, -0.1) is 0 Å². The predicted octanol–water partition coefficient (Wildman–Crippen LogP) is 2.87. The minimum absolute atomic E-state index is 0.00387. The summed E-state index contributed by atoms with van der Waals surface area (Å²) in [5.41, 5.74) is 0.517. The second-order valence-corrected chi connectivity index (χ2v) is 8.63. The van der Waals surface area contributed by atoms with Crippen molar-refractivity contribution in [3.8, 4) is 0 Å². The van der Waals surface area contributed by atoms with Gasteiger partial charge >= 0.3 is 0 Å². The molecule has 2 heterocycles. The molecule has 2 aromatic rings. The van der Waals surface area contributed by atoms with Gasteiger partial charge in [-0.05, 0) is 46.6 Å². The van der Waals surface area contributed by atoms with Crippen molar-refractivity contribution in [2.45, 2.75) is 19.0 Å². The van der Waals surface area contributed by atoms with Crippen LogP contribution in [-0.2, 0) is 16.4 Å². The van der Waals surface area contributed by atoms with Crippen molar-refractivity contribution in [1.29, 1.82) is 0 Å². The van der Waals surface area contributed by atoms with Crippen molar-refractivity contribution in [3.63, 3.8) is 0 Å². The molecule has 1 aliphatic rings. The number of hydrogen-bond donors (Lipinski definition) is 0. The molecule has 0 radical (unpaired) electrons. The molecule has 1 aliphatic heterocycles. The van der Waals surface area contributed by atoms with Gasteiger partial charge in [-0.1, -0.05) is 12.1 Å². The molecular formula is C16H16BrNO4S. The Morgan fingerprint density at radius 3 is 2.65 bits per heavy atom. The first-order valence-corrected chi connectivity index (χ1v) is 9.86. The Kier molecular flexibility index (Phi) is 4.59. The number of furan rings is 1. The van der Waals surface area contributed by atoms with Crippen LogP contribution in [0, 0.1) is 0 Å².